The number of carboxylic acids is 1. The number of nitrogens with two attached hydrogens (primary N) is 1. The molecule has 0 saturated heterocycles. The Balaban J connectivity index is 2.08. The van der Waals surface area contributed by atoms with Gasteiger partial charge in [-0.05, 0) is 12.1 Å². The highest BCUT2D eigenvalue weighted by molar-refractivity contribution is 6.06. The van der Waals surface area contributed by atoms with Crippen molar-refractivity contribution in [1.82, 2.24) is 14.8 Å². The molecule has 0 bridgehead atoms. The van der Waals surface area contributed by atoms with Gasteiger partial charge in [0.15, 0.2) is 5.65 Å². The average Bonchev–Trinajstić information content (AvgIpc) is 2.93. The van der Waals surface area contributed by atoms with Gasteiger partial charge >= 0.3 is 5.97 Å². The molecule has 3 rings (SSSR count). The van der Waals surface area contributed by atoms with E-state index in [0.717, 1.165) is 24.4 Å². The maximum Gasteiger partial charge on any atom is 0.325 e. The van der Waals surface area contributed by atoms with E-state index in [0.29, 0.717) is 0 Å². The second-order valence-electron chi connectivity index (χ2n) is 5.36. The van der Waals surface area contributed by atoms with E-state index < -0.39 is 30.0 Å². The summed E-state index contributed by atoms with van der Waals surface area (Å²) < 4.78 is 41.8. The topological polar surface area (TPSA) is 106 Å². The van der Waals surface area contributed by atoms with Crippen molar-refractivity contribution in [3.8, 4) is 0 Å². The van der Waals surface area contributed by atoms with Gasteiger partial charge in [-0.25, -0.2) is 22.8 Å². The number of hydrogen-bond acceptors (Lipinski definition) is 4. The Bertz CT molecular complexity index is 1030. The Hall–Kier alpha value is -3.43. The van der Waals surface area contributed by atoms with Crippen LogP contribution < -0.4 is 5.73 Å². The molecule has 2 aromatic heterocycles. The van der Waals surface area contributed by atoms with Gasteiger partial charge in [-0.15, -0.1) is 0 Å². The van der Waals surface area contributed by atoms with Crippen LogP contribution in [0.5, 0.6) is 0 Å². The second-order valence-corrected chi connectivity index (χ2v) is 5.36. The normalized spacial score (nSPS) is 11.9. The van der Waals surface area contributed by atoms with E-state index >= 15 is 0 Å². The lowest BCUT2D eigenvalue weighted by Gasteiger charge is -2.04. The van der Waals surface area contributed by atoms with Crippen molar-refractivity contribution in [1.29, 1.82) is 0 Å². The number of pyridine rings is 1. The molecule has 0 fully saturated rings. The molecule has 0 radical (unpaired) electrons. The van der Waals surface area contributed by atoms with Crippen molar-refractivity contribution in [2.24, 2.45) is 10.7 Å². The van der Waals surface area contributed by atoms with Gasteiger partial charge in [0.05, 0.1) is 18.1 Å². The molecule has 3 aromatic rings. The minimum absolute atomic E-state index is 0.0239. The first-order valence-electron chi connectivity index (χ1n) is 7.33. The highest BCUT2D eigenvalue weighted by Gasteiger charge is 2.17. The first-order chi connectivity index (χ1) is 12.3. The number of benzene rings is 1. The fourth-order valence-corrected chi connectivity index (χ4v) is 2.37. The molecule has 0 aliphatic rings. The number of halogens is 3. The third kappa shape index (κ3) is 3.48. The van der Waals surface area contributed by atoms with E-state index in [1.807, 2.05) is 0 Å². The average molecular weight is 363 g/mol. The number of aliphatic carboxylic acids is 1. The standard InChI is InChI=1S/C16H12F3N5O2/c17-9-2-1-8(12(19)4-9)7-24-16-11(3-10(18)5-22-16)14(23-24)15(20)21-6-13(25)26/h1-5H,6-7H2,(H2,20,21)(H,25,26). The van der Waals surface area contributed by atoms with Crippen LogP contribution in [0.25, 0.3) is 11.0 Å². The molecule has 0 spiro atoms. The summed E-state index contributed by atoms with van der Waals surface area (Å²) in [6.07, 6.45) is 0.954. The van der Waals surface area contributed by atoms with Crippen molar-refractivity contribution < 1.29 is 23.1 Å². The summed E-state index contributed by atoms with van der Waals surface area (Å²) in [5.74, 6) is -3.57. The fourth-order valence-electron chi connectivity index (χ4n) is 2.37. The molecule has 0 atom stereocenters. The van der Waals surface area contributed by atoms with Crippen molar-refractivity contribution in [2.45, 2.75) is 6.54 Å². The number of carboxylic acid groups (broad SMARTS) is 1. The third-order valence-corrected chi connectivity index (χ3v) is 3.52. The minimum Gasteiger partial charge on any atom is -0.480 e. The van der Waals surface area contributed by atoms with Gasteiger partial charge < -0.3 is 10.8 Å². The van der Waals surface area contributed by atoms with Crippen molar-refractivity contribution in [3.05, 3.63) is 59.2 Å². The van der Waals surface area contributed by atoms with Crippen LogP contribution in [0.15, 0.2) is 35.5 Å². The molecular formula is C16H12F3N5O2. The summed E-state index contributed by atoms with van der Waals surface area (Å²) in [7, 11) is 0. The lowest BCUT2D eigenvalue weighted by molar-refractivity contribution is -0.135. The van der Waals surface area contributed by atoms with Gasteiger partial charge in [0, 0.05) is 11.6 Å². The highest BCUT2D eigenvalue weighted by Crippen LogP contribution is 2.20. The molecule has 0 aliphatic heterocycles. The van der Waals surface area contributed by atoms with Crippen LogP contribution in [0.4, 0.5) is 13.2 Å². The SMILES string of the molecule is NC(=NCC(=O)O)c1nn(Cc2ccc(F)cc2F)c2ncc(F)cc12. The predicted molar refractivity (Wildman–Crippen MR) is 86.2 cm³/mol. The maximum atomic E-state index is 13.9. The summed E-state index contributed by atoms with van der Waals surface area (Å²) in [5, 5.41) is 13.0. The maximum absolute atomic E-state index is 13.9. The summed E-state index contributed by atoms with van der Waals surface area (Å²) in [6, 6.07) is 4.20. The second kappa shape index (κ2) is 6.82. The van der Waals surface area contributed by atoms with Crippen molar-refractivity contribution in [2.75, 3.05) is 6.54 Å². The lowest BCUT2D eigenvalue weighted by atomic mass is 10.2. The minimum atomic E-state index is -1.20. The zero-order valence-corrected chi connectivity index (χ0v) is 13.2. The van der Waals surface area contributed by atoms with Crippen LogP contribution >= 0.6 is 0 Å². The van der Waals surface area contributed by atoms with Gasteiger partial charge in [0.2, 0.25) is 0 Å². The number of aliphatic imine (C=N–C) groups is 1. The van der Waals surface area contributed by atoms with Gasteiger partial charge in [-0.2, -0.15) is 5.10 Å². The monoisotopic (exact) mass is 363 g/mol. The van der Waals surface area contributed by atoms with Crippen LogP contribution in [-0.4, -0.2) is 38.2 Å². The predicted octanol–water partition coefficient (Wildman–Crippen LogP) is 1.69. The summed E-state index contributed by atoms with van der Waals surface area (Å²) in [6.45, 7) is -0.705. The Morgan fingerprint density at radius 3 is 2.69 bits per heavy atom. The zero-order valence-electron chi connectivity index (χ0n) is 13.2. The molecule has 0 saturated carbocycles. The molecule has 134 valence electrons. The largest absolute Gasteiger partial charge is 0.480 e. The molecule has 26 heavy (non-hydrogen) atoms. The van der Waals surface area contributed by atoms with Gasteiger partial charge in [0.1, 0.15) is 35.5 Å². The number of fused-ring (bicyclic) bond motifs is 1. The van der Waals surface area contributed by atoms with E-state index in [1.165, 1.54) is 10.7 Å². The fraction of sp³-hybridized carbons (Fsp3) is 0.125. The summed E-state index contributed by atoms with van der Waals surface area (Å²) in [5.41, 5.74) is 6.10. The summed E-state index contributed by atoms with van der Waals surface area (Å²) >= 11 is 0. The van der Waals surface area contributed by atoms with E-state index in [9.17, 15) is 18.0 Å². The Labute approximate surface area is 144 Å². The van der Waals surface area contributed by atoms with E-state index in [1.54, 1.807) is 0 Å². The molecule has 3 N–H and O–H groups in total. The number of nitrogens with zero attached hydrogens (tertiary/aromatic N) is 4. The first-order valence-corrected chi connectivity index (χ1v) is 7.33. The number of rotatable bonds is 5. The van der Waals surface area contributed by atoms with Crippen molar-refractivity contribution >= 4 is 22.8 Å². The Kier molecular flexibility index (Phi) is 4.57. The number of aromatic nitrogens is 3. The molecule has 7 nitrogen and oxygen atoms in total. The van der Waals surface area contributed by atoms with E-state index in [4.69, 9.17) is 10.8 Å². The molecule has 10 heteroatoms. The third-order valence-electron chi connectivity index (χ3n) is 3.52. The van der Waals surface area contributed by atoms with Gasteiger partial charge in [-0.3, -0.25) is 9.79 Å². The smallest absolute Gasteiger partial charge is 0.325 e. The molecule has 0 unspecified atom stereocenters. The van der Waals surface area contributed by atoms with Crippen LogP contribution in [0.3, 0.4) is 0 Å². The first kappa shape index (κ1) is 17.4. The highest BCUT2D eigenvalue weighted by atomic mass is 19.1. The van der Waals surface area contributed by atoms with E-state index in [-0.39, 0.29) is 34.7 Å². The van der Waals surface area contributed by atoms with Crippen molar-refractivity contribution in [3.63, 3.8) is 0 Å². The Morgan fingerprint density at radius 2 is 2.00 bits per heavy atom. The molecule has 2 heterocycles. The summed E-state index contributed by atoms with van der Waals surface area (Å²) in [4.78, 5) is 18.2. The number of amidine groups is 1. The van der Waals surface area contributed by atoms with E-state index in [2.05, 4.69) is 15.1 Å². The zero-order chi connectivity index (χ0) is 18.8. The molecule has 0 amide bonds. The number of hydrogen-bond donors (Lipinski definition) is 2. The molecule has 0 aliphatic carbocycles. The molecular weight excluding hydrogens is 351 g/mol. The van der Waals surface area contributed by atoms with Crippen LogP contribution in [0.2, 0.25) is 0 Å². The Morgan fingerprint density at radius 1 is 1.23 bits per heavy atom. The lowest BCUT2D eigenvalue weighted by Crippen LogP contribution is -2.17. The van der Waals surface area contributed by atoms with Crippen LogP contribution in [-0.2, 0) is 11.3 Å². The van der Waals surface area contributed by atoms with Gasteiger partial charge in [-0.1, -0.05) is 6.07 Å². The number of carbonyl (C=O) groups is 1. The van der Waals surface area contributed by atoms with Gasteiger partial charge in [0.25, 0.3) is 0 Å². The quantitative estimate of drug-likeness (QED) is 0.530. The van der Waals surface area contributed by atoms with Crippen LogP contribution in [0.1, 0.15) is 11.3 Å². The molecule has 1 aromatic carbocycles. The van der Waals surface area contributed by atoms with Crippen LogP contribution in [0, 0.1) is 17.5 Å².